The van der Waals surface area contributed by atoms with Crippen LogP contribution in [0.1, 0.15) is 5.56 Å². The molecule has 0 aliphatic carbocycles. The minimum Gasteiger partial charge on any atom is -0.372 e. The van der Waals surface area contributed by atoms with Crippen molar-refractivity contribution in [1.82, 2.24) is 5.32 Å². The van der Waals surface area contributed by atoms with Crippen LogP contribution in [0.4, 0.5) is 5.69 Å². The molecule has 0 bridgehead atoms. The molecule has 1 aliphatic rings. The third-order valence-corrected chi connectivity index (χ3v) is 2.63. The fourth-order valence-corrected chi connectivity index (χ4v) is 1.68. The molecule has 1 heterocycles. The predicted molar refractivity (Wildman–Crippen MR) is 62.3 cm³/mol. The monoisotopic (exact) mass is 230 g/mol. The van der Waals surface area contributed by atoms with E-state index in [1.165, 1.54) is 12.1 Å². The number of aldehydes is 1. The van der Waals surface area contributed by atoms with Crippen LogP contribution in [0, 0.1) is 10.1 Å². The van der Waals surface area contributed by atoms with Crippen LogP contribution in [-0.2, 0) is 10.3 Å². The molecule has 0 saturated heterocycles. The second-order valence-electron chi connectivity index (χ2n) is 3.65. The molecular weight excluding hydrogens is 220 g/mol. The Balaban J connectivity index is 2.38. The van der Waals surface area contributed by atoms with E-state index >= 15 is 0 Å². The summed E-state index contributed by atoms with van der Waals surface area (Å²) < 4.78 is 0. The van der Waals surface area contributed by atoms with Gasteiger partial charge in [-0.3, -0.25) is 14.9 Å². The van der Waals surface area contributed by atoms with E-state index < -0.39 is 10.5 Å². The van der Waals surface area contributed by atoms with E-state index in [1.54, 1.807) is 36.6 Å². The number of hydrogen-bond donors (Lipinski definition) is 1. The van der Waals surface area contributed by atoms with E-state index in [0.29, 0.717) is 5.56 Å². The van der Waals surface area contributed by atoms with Crippen molar-refractivity contribution in [1.29, 1.82) is 0 Å². The maximum atomic E-state index is 11.2. The number of allylic oxidation sites excluding steroid dienone is 2. The number of hydrogen-bond acceptors (Lipinski definition) is 4. The Hall–Kier alpha value is -2.43. The fourth-order valence-electron chi connectivity index (χ4n) is 1.68. The van der Waals surface area contributed by atoms with Gasteiger partial charge in [0.25, 0.3) is 5.69 Å². The second-order valence-corrected chi connectivity index (χ2v) is 3.65. The zero-order valence-electron chi connectivity index (χ0n) is 8.87. The number of dihydropyridines is 1. The van der Waals surface area contributed by atoms with Crippen molar-refractivity contribution in [2.24, 2.45) is 0 Å². The van der Waals surface area contributed by atoms with Gasteiger partial charge in [-0.1, -0.05) is 6.08 Å². The van der Waals surface area contributed by atoms with Crippen molar-refractivity contribution in [3.63, 3.8) is 0 Å². The van der Waals surface area contributed by atoms with Crippen molar-refractivity contribution in [2.75, 3.05) is 0 Å². The number of rotatable bonds is 3. The Morgan fingerprint density at radius 1 is 1.24 bits per heavy atom. The largest absolute Gasteiger partial charge is 0.372 e. The first kappa shape index (κ1) is 11.1. The third-order valence-electron chi connectivity index (χ3n) is 2.63. The van der Waals surface area contributed by atoms with Crippen LogP contribution >= 0.6 is 0 Å². The molecule has 1 aliphatic heterocycles. The number of nitrogens with zero attached hydrogens (tertiary/aromatic N) is 1. The molecule has 1 N–H and O–H groups in total. The van der Waals surface area contributed by atoms with Crippen molar-refractivity contribution in [2.45, 2.75) is 5.54 Å². The molecule has 1 aromatic rings. The smallest absolute Gasteiger partial charge is 0.269 e. The lowest BCUT2D eigenvalue weighted by molar-refractivity contribution is -0.384. The molecule has 0 amide bonds. The second kappa shape index (κ2) is 4.21. The first-order valence-electron chi connectivity index (χ1n) is 5.01. The van der Waals surface area contributed by atoms with Gasteiger partial charge in [0.1, 0.15) is 5.54 Å². The number of nitro benzene ring substituents is 1. The van der Waals surface area contributed by atoms with Crippen molar-refractivity contribution < 1.29 is 9.72 Å². The van der Waals surface area contributed by atoms with Gasteiger partial charge in [-0.25, -0.2) is 0 Å². The van der Waals surface area contributed by atoms with Crippen LogP contribution in [-0.4, -0.2) is 11.2 Å². The number of nitrogens with one attached hydrogen (secondary N) is 1. The van der Waals surface area contributed by atoms with Gasteiger partial charge in [0.2, 0.25) is 0 Å². The Labute approximate surface area is 97.6 Å². The lowest BCUT2D eigenvalue weighted by Gasteiger charge is -2.27. The topological polar surface area (TPSA) is 72.2 Å². The van der Waals surface area contributed by atoms with E-state index in [4.69, 9.17) is 0 Å². The van der Waals surface area contributed by atoms with Gasteiger partial charge in [-0.2, -0.15) is 0 Å². The highest BCUT2D eigenvalue weighted by molar-refractivity contribution is 5.72. The lowest BCUT2D eigenvalue weighted by Crippen LogP contribution is -2.40. The van der Waals surface area contributed by atoms with Crippen LogP contribution in [0.15, 0.2) is 48.7 Å². The standard InChI is InChI=1S/C12H10N2O3/c15-9-12(7-1-2-8-13-12)10-3-5-11(6-4-10)14(16)17/h1-9,13H. The Kier molecular flexibility index (Phi) is 2.74. The van der Waals surface area contributed by atoms with E-state index in [0.717, 1.165) is 6.29 Å². The summed E-state index contributed by atoms with van der Waals surface area (Å²) in [5.74, 6) is 0. The van der Waals surface area contributed by atoms with Crippen LogP contribution in [0.2, 0.25) is 0 Å². The predicted octanol–water partition coefficient (Wildman–Crippen LogP) is 1.66. The number of nitro groups is 1. The number of carbonyl (C=O) groups is 1. The van der Waals surface area contributed by atoms with Gasteiger partial charge in [0, 0.05) is 12.1 Å². The Bertz CT molecular complexity index is 505. The lowest BCUT2D eigenvalue weighted by atomic mass is 9.89. The van der Waals surface area contributed by atoms with Crippen LogP contribution in [0.3, 0.4) is 0 Å². The Morgan fingerprint density at radius 2 is 1.94 bits per heavy atom. The summed E-state index contributed by atoms with van der Waals surface area (Å²) in [6.07, 6.45) is 7.67. The van der Waals surface area contributed by atoms with Crippen LogP contribution in [0.5, 0.6) is 0 Å². The summed E-state index contributed by atoms with van der Waals surface area (Å²) >= 11 is 0. The Morgan fingerprint density at radius 3 is 2.41 bits per heavy atom. The molecule has 86 valence electrons. The van der Waals surface area contributed by atoms with E-state index in [1.807, 2.05) is 0 Å². The summed E-state index contributed by atoms with van der Waals surface area (Å²) in [5.41, 5.74) is -0.256. The highest BCUT2D eigenvalue weighted by atomic mass is 16.6. The van der Waals surface area contributed by atoms with Crippen molar-refractivity contribution in [3.8, 4) is 0 Å². The first-order chi connectivity index (χ1) is 8.18. The average molecular weight is 230 g/mol. The van der Waals surface area contributed by atoms with Gasteiger partial charge in [0.15, 0.2) is 6.29 Å². The average Bonchev–Trinajstić information content (AvgIpc) is 2.39. The molecule has 0 radical (unpaired) electrons. The number of carbonyl (C=O) groups excluding carboxylic acids is 1. The molecule has 0 spiro atoms. The highest BCUT2D eigenvalue weighted by Gasteiger charge is 2.28. The zero-order valence-corrected chi connectivity index (χ0v) is 8.87. The molecule has 0 aromatic heterocycles. The maximum absolute atomic E-state index is 11.2. The van der Waals surface area contributed by atoms with Crippen molar-refractivity contribution >= 4 is 12.0 Å². The van der Waals surface area contributed by atoms with E-state index in [-0.39, 0.29) is 5.69 Å². The summed E-state index contributed by atoms with van der Waals surface area (Å²) in [6, 6.07) is 5.91. The van der Waals surface area contributed by atoms with Gasteiger partial charge in [-0.05, 0) is 36.0 Å². The summed E-state index contributed by atoms with van der Waals surface area (Å²) in [6.45, 7) is 0. The molecule has 17 heavy (non-hydrogen) atoms. The quantitative estimate of drug-likeness (QED) is 0.487. The molecular formula is C12H10N2O3. The maximum Gasteiger partial charge on any atom is 0.269 e. The van der Waals surface area contributed by atoms with Crippen LogP contribution in [0.25, 0.3) is 0 Å². The molecule has 0 fully saturated rings. The van der Waals surface area contributed by atoms with Gasteiger partial charge >= 0.3 is 0 Å². The summed E-state index contributed by atoms with van der Waals surface area (Å²) in [5, 5.41) is 13.5. The summed E-state index contributed by atoms with van der Waals surface area (Å²) in [7, 11) is 0. The molecule has 1 aromatic carbocycles. The zero-order chi connectivity index (χ0) is 12.3. The van der Waals surface area contributed by atoms with Gasteiger partial charge < -0.3 is 5.32 Å². The van der Waals surface area contributed by atoms with Gasteiger partial charge in [-0.15, -0.1) is 0 Å². The summed E-state index contributed by atoms with van der Waals surface area (Å²) in [4.78, 5) is 21.3. The molecule has 1 atom stereocenters. The normalized spacial score (nSPS) is 21.9. The molecule has 0 saturated carbocycles. The SMILES string of the molecule is O=CC1(c2ccc([N+](=O)[O-])cc2)C=CC=CN1. The minimum absolute atomic E-state index is 0.00475. The highest BCUT2D eigenvalue weighted by Crippen LogP contribution is 2.24. The third kappa shape index (κ3) is 1.94. The fraction of sp³-hybridized carbons (Fsp3) is 0.0833. The number of benzene rings is 1. The van der Waals surface area contributed by atoms with Crippen LogP contribution < -0.4 is 5.32 Å². The van der Waals surface area contributed by atoms with Gasteiger partial charge in [0.05, 0.1) is 4.92 Å². The molecule has 1 unspecified atom stereocenters. The molecule has 5 nitrogen and oxygen atoms in total. The van der Waals surface area contributed by atoms with E-state index in [2.05, 4.69) is 5.32 Å². The number of non-ortho nitro benzene ring substituents is 1. The van der Waals surface area contributed by atoms with Crippen molar-refractivity contribution in [3.05, 3.63) is 64.4 Å². The molecule has 5 heteroatoms. The van der Waals surface area contributed by atoms with E-state index in [9.17, 15) is 14.9 Å². The minimum atomic E-state index is -0.927. The molecule has 2 rings (SSSR count). The first-order valence-corrected chi connectivity index (χ1v) is 5.01.